The van der Waals surface area contributed by atoms with Gasteiger partial charge in [-0.2, -0.15) is 0 Å². The Morgan fingerprint density at radius 2 is 2.14 bits per heavy atom. The Balaban J connectivity index is 2.50. The van der Waals surface area contributed by atoms with Crippen LogP contribution in [0.25, 0.3) is 11.3 Å². The van der Waals surface area contributed by atoms with E-state index in [9.17, 15) is 4.39 Å². The molecule has 2 rings (SSSR count). The molecule has 0 spiro atoms. The van der Waals surface area contributed by atoms with Gasteiger partial charge in [0.1, 0.15) is 12.4 Å². The highest BCUT2D eigenvalue weighted by Gasteiger charge is 2.15. The molecule has 112 valence electrons. The lowest BCUT2D eigenvalue weighted by Crippen LogP contribution is -2.04. The van der Waals surface area contributed by atoms with Crippen molar-refractivity contribution in [3.8, 4) is 11.3 Å². The molecule has 0 saturated carbocycles. The van der Waals surface area contributed by atoms with Gasteiger partial charge in [-0.1, -0.05) is 11.6 Å². The number of hydrogen-bond donors (Lipinski definition) is 1. The van der Waals surface area contributed by atoms with Gasteiger partial charge in [0, 0.05) is 29.8 Å². The molecule has 7 heteroatoms. The average Bonchev–Trinajstić information content (AvgIpc) is 2.50. The highest BCUT2D eigenvalue weighted by molar-refractivity contribution is 9.10. The van der Waals surface area contributed by atoms with Gasteiger partial charge >= 0.3 is 0 Å². The molecule has 0 saturated heterocycles. The molecule has 1 aromatic heterocycles. The Bertz CT molecular complexity index is 654. The Morgan fingerprint density at radius 3 is 2.81 bits per heavy atom. The maximum atomic E-state index is 14.3. The van der Waals surface area contributed by atoms with Crippen molar-refractivity contribution in [1.82, 2.24) is 9.97 Å². The van der Waals surface area contributed by atoms with Gasteiger partial charge in [-0.05, 0) is 35.0 Å². The molecular weight excluding hydrogens is 361 g/mol. The summed E-state index contributed by atoms with van der Waals surface area (Å²) < 4.78 is 20.1. The van der Waals surface area contributed by atoms with Gasteiger partial charge in [0.15, 0.2) is 11.6 Å². The molecule has 4 nitrogen and oxygen atoms in total. The molecule has 0 unspecified atom stereocenters. The molecule has 1 aromatic carbocycles. The van der Waals surface area contributed by atoms with E-state index in [1.807, 2.05) is 6.92 Å². The molecule has 2 aromatic rings. The van der Waals surface area contributed by atoms with Crippen molar-refractivity contribution in [3.63, 3.8) is 0 Å². The molecule has 0 aliphatic rings. The van der Waals surface area contributed by atoms with Gasteiger partial charge in [0.05, 0.1) is 10.7 Å². The molecule has 0 aliphatic carbocycles. The fourth-order valence-corrected chi connectivity index (χ4v) is 2.22. The van der Waals surface area contributed by atoms with Gasteiger partial charge in [-0.3, -0.25) is 0 Å². The van der Waals surface area contributed by atoms with Crippen LogP contribution in [0.5, 0.6) is 0 Å². The van der Waals surface area contributed by atoms with E-state index in [4.69, 9.17) is 16.3 Å². The van der Waals surface area contributed by atoms with Gasteiger partial charge < -0.3 is 10.1 Å². The minimum Gasteiger partial charge on any atom is -0.374 e. The number of ether oxygens (including phenoxy) is 1. The van der Waals surface area contributed by atoms with Gasteiger partial charge in [-0.25, -0.2) is 14.4 Å². The smallest absolute Gasteiger partial charge is 0.157 e. The van der Waals surface area contributed by atoms with E-state index in [1.165, 1.54) is 0 Å². The van der Waals surface area contributed by atoms with Gasteiger partial charge in [-0.15, -0.1) is 0 Å². The second-order valence-electron chi connectivity index (χ2n) is 4.16. The molecule has 0 atom stereocenters. The molecule has 0 amide bonds. The first-order chi connectivity index (χ1) is 10.1. The van der Waals surface area contributed by atoms with E-state index in [-0.39, 0.29) is 11.6 Å². The van der Waals surface area contributed by atoms with Gasteiger partial charge in [0.25, 0.3) is 0 Å². The van der Waals surface area contributed by atoms with E-state index in [2.05, 4.69) is 31.2 Å². The standard InChI is InChI=1S/C14H14BrClFN3O/c1-3-21-7-12-19-10(6-11(18-2)20-12)8-4-5-9(15)13(16)14(8)17/h4-6H,3,7H2,1-2H3,(H,18,19,20). The van der Waals surface area contributed by atoms with Crippen molar-refractivity contribution in [2.75, 3.05) is 19.0 Å². The van der Waals surface area contributed by atoms with Crippen LogP contribution in [0.2, 0.25) is 5.02 Å². The fraction of sp³-hybridized carbons (Fsp3) is 0.286. The number of halogens is 3. The topological polar surface area (TPSA) is 47.0 Å². The second-order valence-corrected chi connectivity index (χ2v) is 5.40. The summed E-state index contributed by atoms with van der Waals surface area (Å²) in [4.78, 5) is 8.60. The second kappa shape index (κ2) is 7.15. The van der Waals surface area contributed by atoms with Crippen LogP contribution in [-0.4, -0.2) is 23.6 Å². The molecular formula is C14H14BrClFN3O. The van der Waals surface area contributed by atoms with Crippen LogP contribution in [-0.2, 0) is 11.3 Å². The van der Waals surface area contributed by atoms with E-state index >= 15 is 0 Å². The number of hydrogen-bond acceptors (Lipinski definition) is 4. The normalized spacial score (nSPS) is 10.7. The van der Waals surface area contributed by atoms with Crippen LogP contribution in [0.3, 0.4) is 0 Å². The molecule has 0 radical (unpaired) electrons. The minimum absolute atomic E-state index is 0.0310. The molecule has 0 aliphatic heterocycles. The van der Waals surface area contributed by atoms with E-state index < -0.39 is 5.82 Å². The Hall–Kier alpha value is -1.24. The first kappa shape index (κ1) is 16.1. The van der Waals surface area contributed by atoms with Crippen LogP contribution in [0.15, 0.2) is 22.7 Å². The monoisotopic (exact) mass is 373 g/mol. The Morgan fingerprint density at radius 1 is 1.38 bits per heavy atom. The van der Waals surface area contributed by atoms with Crippen molar-refractivity contribution in [3.05, 3.63) is 39.3 Å². The SMILES string of the molecule is CCOCc1nc(NC)cc(-c2ccc(Br)c(Cl)c2F)n1. The van der Waals surface area contributed by atoms with Crippen molar-refractivity contribution in [2.45, 2.75) is 13.5 Å². The first-order valence-corrected chi connectivity index (χ1v) is 7.51. The zero-order chi connectivity index (χ0) is 15.4. The highest BCUT2D eigenvalue weighted by atomic mass is 79.9. The zero-order valence-corrected chi connectivity index (χ0v) is 13.9. The Labute approximate surface area is 135 Å². The largest absolute Gasteiger partial charge is 0.374 e. The van der Waals surface area contributed by atoms with Crippen molar-refractivity contribution < 1.29 is 9.13 Å². The summed E-state index contributed by atoms with van der Waals surface area (Å²) >= 11 is 9.12. The molecule has 1 heterocycles. The lowest BCUT2D eigenvalue weighted by atomic mass is 10.1. The minimum atomic E-state index is -0.519. The Kier molecular flexibility index (Phi) is 5.50. The lowest BCUT2D eigenvalue weighted by molar-refractivity contribution is 0.128. The number of rotatable bonds is 5. The highest BCUT2D eigenvalue weighted by Crippen LogP contribution is 2.32. The van der Waals surface area contributed by atoms with Crippen molar-refractivity contribution >= 4 is 33.3 Å². The summed E-state index contributed by atoms with van der Waals surface area (Å²) in [5, 5.41) is 2.96. The average molecular weight is 375 g/mol. The summed E-state index contributed by atoms with van der Waals surface area (Å²) in [7, 11) is 1.74. The van der Waals surface area contributed by atoms with E-state index in [0.717, 1.165) is 0 Å². The number of benzene rings is 1. The number of nitrogens with zero attached hydrogens (tertiary/aromatic N) is 2. The lowest BCUT2D eigenvalue weighted by Gasteiger charge is -2.10. The predicted molar refractivity (Wildman–Crippen MR) is 85.0 cm³/mol. The maximum absolute atomic E-state index is 14.3. The third kappa shape index (κ3) is 3.70. The molecule has 1 N–H and O–H groups in total. The van der Waals surface area contributed by atoms with Gasteiger partial charge in [0.2, 0.25) is 0 Å². The fourth-order valence-electron chi connectivity index (χ4n) is 1.74. The summed E-state index contributed by atoms with van der Waals surface area (Å²) in [5.41, 5.74) is 0.774. The summed E-state index contributed by atoms with van der Waals surface area (Å²) in [6, 6.07) is 4.97. The zero-order valence-electron chi connectivity index (χ0n) is 11.6. The van der Waals surface area contributed by atoms with Crippen molar-refractivity contribution in [2.24, 2.45) is 0 Å². The van der Waals surface area contributed by atoms with Crippen LogP contribution in [0.4, 0.5) is 10.2 Å². The van der Waals surface area contributed by atoms with Crippen LogP contribution >= 0.6 is 27.5 Å². The molecule has 21 heavy (non-hydrogen) atoms. The van der Waals surface area contributed by atoms with Crippen LogP contribution < -0.4 is 5.32 Å². The predicted octanol–water partition coefficient (Wildman–Crippen LogP) is 4.28. The first-order valence-electron chi connectivity index (χ1n) is 6.34. The molecule has 0 fully saturated rings. The third-order valence-electron chi connectivity index (χ3n) is 2.78. The summed E-state index contributed by atoms with van der Waals surface area (Å²) in [6.45, 7) is 2.71. The number of nitrogens with one attached hydrogen (secondary N) is 1. The maximum Gasteiger partial charge on any atom is 0.157 e. The number of aromatic nitrogens is 2. The summed E-state index contributed by atoms with van der Waals surface area (Å²) in [5.74, 6) is 0.555. The van der Waals surface area contributed by atoms with Crippen LogP contribution in [0.1, 0.15) is 12.7 Å². The quantitative estimate of drug-likeness (QED) is 0.794. The summed E-state index contributed by atoms with van der Waals surface area (Å²) in [6.07, 6.45) is 0. The third-order valence-corrected chi connectivity index (χ3v) is 4.03. The van der Waals surface area contributed by atoms with Crippen LogP contribution in [0, 0.1) is 5.82 Å². The van der Waals surface area contributed by atoms with Crippen molar-refractivity contribution in [1.29, 1.82) is 0 Å². The van der Waals surface area contributed by atoms with E-state index in [1.54, 1.807) is 25.2 Å². The molecule has 0 bridgehead atoms. The number of anilines is 1. The van der Waals surface area contributed by atoms with E-state index in [0.29, 0.717) is 34.0 Å².